The average Bonchev–Trinajstić information content (AvgIpc) is 2.66. The van der Waals surface area contributed by atoms with Crippen LogP contribution in [0.2, 0.25) is 0 Å². The third-order valence-corrected chi connectivity index (χ3v) is 6.85. The maximum absolute atomic E-state index is 15.0. The minimum Gasteiger partial charge on any atom is -0.207 e. The minimum atomic E-state index is -2.55. The van der Waals surface area contributed by atoms with Crippen LogP contribution in [-0.4, -0.2) is 0 Å². The van der Waals surface area contributed by atoms with Crippen molar-refractivity contribution in [2.75, 3.05) is 0 Å². The summed E-state index contributed by atoms with van der Waals surface area (Å²) in [5.74, 6) is -0.802. The van der Waals surface area contributed by atoms with Crippen LogP contribution < -0.4 is 0 Å². The average molecular weight is 465 g/mol. The number of rotatable bonds is 6. The molecule has 0 N–H and O–H groups in total. The first kappa shape index (κ1) is 27.4. The quantitative estimate of drug-likeness (QED) is 0.373. The van der Waals surface area contributed by atoms with Gasteiger partial charge in [-0.1, -0.05) is 81.4 Å². The van der Waals surface area contributed by atoms with Crippen LogP contribution in [0, 0.1) is 11.6 Å². The summed E-state index contributed by atoms with van der Waals surface area (Å²) in [6.45, 7) is 19.2. The second kappa shape index (κ2) is 9.07. The Morgan fingerprint density at radius 1 is 0.606 bits per heavy atom. The van der Waals surface area contributed by atoms with E-state index in [2.05, 4.69) is 0 Å². The van der Waals surface area contributed by atoms with Gasteiger partial charge < -0.3 is 0 Å². The fourth-order valence-electron chi connectivity index (χ4n) is 4.39. The smallest absolute Gasteiger partial charge is 0.207 e. The van der Waals surface area contributed by atoms with Crippen LogP contribution >= 0.6 is 0 Å². The van der Waals surface area contributed by atoms with Gasteiger partial charge in [0.1, 0.15) is 11.6 Å². The molecule has 2 rings (SSSR count). The van der Waals surface area contributed by atoms with Crippen LogP contribution in [0.25, 0.3) is 0 Å². The van der Waals surface area contributed by atoms with Crippen molar-refractivity contribution in [2.45, 2.75) is 110 Å². The zero-order chi connectivity index (χ0) is 25.6. The van der Waals surface area contributed by atoms with E-state index in [1.807, 2.05) is 81.4 Å². The molecule has 0 aromatic heterocycles. The normalized spacial score (nSPS) is 13.7. The summed E-state index contributed by atoms with van der Waals surface area (Å²) in [6, 6.07) is 8.01. The zero-order valence-electron chi connectivity index (χ0n) is 21.9. The molecule has 0 saturated carbocycles. The monoisotopic (exact) mass is 464 g/mol. The van der Waals surface area contributed by atoms with Crippen molar-refractivity contribution >= 4 is 0 Å². The van der Waals surface area contributed by atoms with Crippen molar-refractivity contribution in [1.82, 2.24) is 0 Å². The van der Waals surface area contributed by atoms with Gasteiger partial charge in [-0.2, -0.15) is 0 Å². The summed E-state index contributed by atoms with van der Waals surface area (Å²) in [7, 11) is 0. The lowest BCUT2D eigenvalue weighted by atomic mass is 9.71. The summed E-state index contributed by atoms with van der Waals surface area (Å²) in [5, 5.41) is 0. The highest BCUT2D eigenvalue weighted by Crippen LogP contribution is 2.41. The molecule has 0 aliphatic rings. The third kappa shape index (κ3) is 6.19. The SMILES string of the molecule is CC(C)(C)c1cc(F)c(C(C)(C)CCC(C)(C)c2ccc(C(C)(C)C)c(C(F)F)c2)cc1F. The van der Waals surface area contributed by atoms with E-state index in [9.17, 15) is 13.2 Å². The minimum absolute atomic E-state index is 0.0678. The molecule has 33 heavy (non-hydrogen) atoms. The molecule has 0 aliphatic carbocycles. The van der Waals surface area contributed by atoms with E-state index in [1.54, 1.807) is 6.07 Å². The van der Waals surface area contributed by atoms with Gasteiger partial charge in [-0.05, 0) is 75.0 Å². The maximum atomic E-state index is 15.0. The van der Waals surface area contributed by atoms with Crippen LogP contribution in [0.5, 0.6) is 0 Å². The molecule has 0 bridgehead atoms. The number of hydrogen-bond acceptors (Lipinski definition) is 0. The van der Waals surface area contributed by atoms with Crippen LogP contribution in [0.1, 0.15) is 116 Å². The van der Waals surface area contributed by atoms with Gasteiger partial charge in [0.15, 0.2) is 0 Å². The van der Waals surface area contributed by atoms with Crippen LogP contribution in [0.3, 0.4) is 0 Å². The first-order chi connectivity index (χ1) is 14.8. The van der Waals surface area contributed by atoms with Crippen LogP contribution in [0.15, 0.2) is 30.3 Å². The van der Waals surface area contributed by atoms with E-state index in [4.69, 9.17) is 0 Å². The van der Waals surface area contributed by atoms with E-state index in [1.165, 1.54) is 12.1 Å². The Morgan fingerprint density at radius 2 is 1.06 bits per heavy atom. The van der Waals surface area contributed by atoms with Gasteiger partial charge in [-0.15, -0.1) is 0 Å². The maximum Gasteiger partial charge on any atom is 0.264 e. The van der Waals surface area contributed by atoms with Gasteiger partial charge in [-0.25, -0.2) is 17.6 Å². The van der Waals surface area contributed by atoms with E-state index in [0.29, 0.717) is 29.5 Å². The predicted octanol–water partition coefficient (Wildman–Crippen LogP) is 9.53. The van der Waals surface area contributed by atoms with Gasteiger partial charge in [0, 0.05) is 5.56 Å². The summed E-state index contributed by atoms with van der Waals surface area (Å²) >= 11 is 0. The molecule has 2 aromatic carbocycles. The highest BCUT2D eigenvalue weighted by molar-refractivity contribution is 5.40. The molecular formula is C29H40F4. The lowest BCUT2D eigenvalue weighted by molar-refractivity contribution is 0.148. The van der Waals surface area contributed by atoms with E-state index in [0.717, 1.165) is 5.56 Å². The van der Waals surface area contributed by atoms with E-state index < -0.39 is 34.3 Å². The highest BCUT2D eigenvalue weighted by atomic mass is 19.3. The van der Waals surface area contributed by atoms with Gasteiger partial charge in [0.25, 0.3) is 6.43 Å². The molecule has 2 aromatic rings. The molecule has 0 spiro atoms. The molecule has 4 heteroatoms. The molecule has 0 fully saturated rings. The van der Waals surface area contributed by atoms with Gasteiger partial charge >= 0.3 is 0 Å². The van der Waals surface area contributed by atoms with Gasteiger partial charge in [0.2, 0.25) is 0 Å². The van der Waals surface area contributed by atoms with Gasteiger partial charge in [-0.3, -0.25) is 0 Å². The second-order valence-electron chi connectivity index (χ2n) is 12.7. The summed E-state index contributed by atoms with van der Waals surface area (Å²) in [6.07, 6.45) is -1.33. The topological polar surface area (TPSA) is 0 Å². The Labute approximate surface area is 197 Å². The van der Waals surface area contributed by atoms with Gasteiger partial charge in [0.05, 0.1) is 0 Å². The highest BCUT2D eigenvalue weighted by Gasteiger charge is 2.32. The van der Waals surface area contributed by atoms with Crippen molar-refractivity contribution in [2.24, 2.45) is 0 Å². The Bertz CT molecular complexity index is 986. The molecule has 0 aliphatic heterocycles. The molecule has 184 valence electrons. The molecular weight excluding hydrogens is 424 g/mol. The van der Waals surface area contributed by atoms with E-state index >= 15 is 4.39 Å². The largest absolute Gasteiger partial charge is 0.264 e. The first-order valence-corrected chi connectivity index (χ1v) is 11.7. The number of alkyl halides is 2. The van der Waals surface area contributed by atoms with Crippen molar-refractivity contribution in [1.29, 1.82) is 0 Å². The van der Waals surface area contributed by atoms with Crippen molar-refractivity contribution in [3.8, 4) is 0 Å². The molecule has 0 radical (unpaired) electrons. The van der Waals surface area contributed by atoms with Crippen molar-refractivity contribution in [3.63, 3.8) is 0 Å². The number of hydrogen-bond donors (Lipinski definition) is 0. The molecule has 0 heterocycles. The molecule has 0 unspecified atom stereocenters. The second-order valence-corrected chi connectivity index (χ2v) is 12.7. The van der Waals surface area contributed by atoms with Crippen LogP contribution in [-0.2, 0) is 21.7 Å². The number of halogens is 4. The molecule has 0 nitrogen and oxygen atoms in total. The Hall–Kier alpha value is -1.84. The fourth-order valence-corrected chi connectivity index (χ4v) is 4.39. The first-order valence-electron chi connectivity index (χ1n) is 11.7. The molecule has 0 amide bonds. The summed E-state index contributed by atoms with van der Waals surface area (Å²) in [4.78, 5) is 0. The molecule has 0 atom stereocenters. The standard InChI is InChI=1S/C29H40F4/c1-26(2,3)20-12-11-18(15-19(20)25(32)33)28(7,8)13-14-29(9,10)22-17-23(30)21(16-24(22)31)27(4,5)6/h11-12,15-17,25H,13-14H2,1-10H3. The van der Waals surface area contributed by atoms with E-state index in [-0.39, 0.29) is 11.0 Å². The predicted molar refractivity (Wildman–Crippen MR) is 130 cm³/mol. The Kier molecular flexibility index (Phi) is 7.54. The summed E-state index contributed by atoms with van der Waals surface area (Å²) in [5.41, 5.74) is 0.365. The lowest BCUT2D eigenvalue weighted by Gasteiger charge is -2.34. The fraction of sp³-hybridized carbons (Fsp3) is 0.586. The summed E-state index contributed by atoms with van der Waals surface area (Å²) < 4.78 is 57.5. The number of benzene rings is 2. The zero-order valence-corrected chi connectivity index (χ0v) is 21.9. The van der Waals surface area contributed by atoms with Crippen molar-refractivity contribution in [3.05, 3.63) is 69.8 Å². The van der Waals surface area contributed by atoms with Crippen molar-refractivity contribution < 1.29 is 17.6 Å². The lowest BCUT2D eigenvalue weighted by Crippen LogP contribution is -2.26. The third-order valence-electron chi connectivity index (χ3n) is 6.85. The Morgan fingerprint density at radius 3 is 1.55 bits per heavy atom. The molecule has 0 saturated heterocycles. The van der Waals surface area contributed by atoms with Crippen LogP contribution in [0.4, 0.5) is 17.6 Å². The Balaban J connectivity index is 2.35.